The summed E-state index contributed by atoms with van der Waals surface area (Å²) in [5.74, 6) is 0.337. The van der Waals surface area contributed by atoms with Gasteiger partial charge in [-0.2, -0.15) is 10.2 Å². The number of rotatable bonds is 7. The summed E-state index contributed by atoms with van der Waals surface area (Å²) in [6, 6.07) is 14.4. The van der Waals surface area contributed by atoms with Crippen molar-refractivity contribution in [1.82, 2.24) is 14.9 Å². The van der Waals surface area contributed by atoms with Gasteiger partial charge in [-0.15, -0.1) is 0 Å². The molecule has 0 fully saturated rings. The Labute approximate surface area is 167 Å². The van der Waals surface area contributed by atoms with Crippen molar-refractivity contribution < 1.29 is 17.7 Å². The fourth-order valence-electron chi connectivity index (χ4n) is 2.50. The van der Waals surface area contributed by atoms with Gasteiger partial charge in [-0.1, -0.05) is 17.3 Å². The number of anilines is 1. The molecule has 0 aliphatic rings. The van der Waals surface area contributed by atoms with E-state index in [0.29, 0.717) is 23.0 Å². The first-order valence-electron chi connectivity index (χ1n) is 8.58. The van der Waals surface area contributed by atoms with Crippen molar-refractivity contribution in [1.29, 1.82) is 5.26 Å². The highest BCUT2D eigenvalue weighted by molar-refractivity contribution is 7.89. The van der Waals surface area contributed by atoms with Gasteiger partial charge in [0, 0.05) is 31.0 Å². The van der Waals surface area contributed by atoms with E-state index >= 15 is 0 Å². The van der Waals surface area contributed by atoms with E-state index in [1.54, 1.807) is 31.2 Å². The predicted molar refractivity (Wildman–Crippen MR) is 104 cm³/mol. The van der Waals surface area contributed by atoms with Gasteiger partial charge in [-0.3, -0.25) is 4.79 Å². The average molecular weight is 411 g/mol. The van der Waals surface area contributed by atoms with Crippen molar-refractivity contribution in [2.75, 3.05) is 11.9 Å². The number of hydrogen-bond donors (Lipinski definition) is 2. The van der Waals surface area contributed by atoms with Gasteiger partial charge in [0.2, 0.25) is 21.7 Å². The lowest BCUT2D eigenvalue weighted by Crippen LogP contribution is -2.24. The zero-order valence-electron chi connectivity index (χ0n) is 15.4. The molecule has 0 radical (unpaired) electrons. The van der Waals surface area contributed by atoms with Gasteiger partial charge in [-0.05, 0) is 36.4 Å². The number of nitriles is 1. The number of benzene rings is 2. The third kappa shape index (κ3) is 4.84. The van der Waals surface area contributed by atoms with Gasteiger partial charge in [-0.25, -0.2) is 13.1 Å². The van der Waals surface area contributed by atoms with Crippen molar-refractivity contribution >= 4 is 21.6 Å². The minimum absolute atomic E-state index is 0.00895. The van der Waals surface area contributed by atoms with Gasteiger partial charge in [0.15, 0.2) is 0 Å². The summed E-state index contributed by atoms with van der Waals surface area (Å²) >= 11 is 0. The van der Waals surface area contributed by atoms with Gasteiger partial charge in [0.1, 0.15) is 0 Å². The van der Waals surface area contributed by atoms with E-state index in [1.807, 2.05) is 6.07 Å². The summed E-state index contributed by atoms with van der Waals surface area (Å²) in [7, 11) is -3.73. The molecule has 0 aliphatic heterocycles. The summed E-state index contributed by atoms with van der Waals surface area (Å²) in [5.41, 5.74) is 1.37. The van der Waals surface area contributed by atoms with Crippen LogP contribution in [0.5, 0.6) is 0 Å². The molecule has 0 spiro atoms. The third-order valence-corrected chi connectivity index (χ3v) is 5.38. The monoisotopic (exact) mass is 411 g/mol. The molecule has 0 bridgehead atoms. The first-order chi connectivity index (χ1) is 13.9. The maximum absolute atomic E-state index is 12.6. The lowest BCUT2D eigenvalue weighted by atomic mass is 10.1. The van der Waals surface area contributed by atoms with Crippen LogP contribution in [0.1, 0.15) is 22.7 Å². The number of amides is 1. The molecule has 10 heteroatoms. The smallest absolute Gasteiger partial charge is 0.255 e. The highest BCUT2D eigenvalue weighted by atomic mass is 32.2. The molecule has 0 aliphatic carbocycles. The van der Waals surface area contributed by atoms with E-state index in [9.17, 15) is 13.2 Å². The second-order valence-corrected chi connectivity index (χ2v) is 7.73. The molecule has 2 N–H and O–H groups in total. The Kier molecular flexibility index (Phi) is 6.01. The third-order valence-electron chi connectivity index (χ3n) is 3.90. The second-order valence-electron chi connectivity index (χ2n) is 5.97. The van der Waals surface area contributed by atoms with Gasteiger partial charge in [0.05, 0.1) is 16.7 Å². The Balaban J connectivity index is 1.77. The zero-order chi connectivity index (χ0) is 20.9. The minimum Gasteiger partial charge on any atom is -0.339 e. The Morgan fingerprint density at radius 2 is 1.90 bits per heavy atom. The summed E-state index contributed by atoms with van der Waals surface area (Å²) < 4.78 is 31.6. The van der Waals surface area contributed by atoms with E-state index < -0.39 is 15.9 Å². The van der Waals surface area contributed by atoms with Crippen LogP contribution < -0.4 is 10.0 Å². The molecule has 0 saturated carbocycles. The molecule has 29 heavy (non-hydrogen) atoms. The first kappa shape index (κ1) is 20.2. The maximum Gasteiger partial charge on any atom is 0.255 e. The predicted octanol–water partition coefficient (Wildman–Crippen LogP) is 2.49. The summed E-state index contributed by atoms with van der Waals surface area (Å²) in [4.78, 5) is 16.8. The SMILES string of the molecule is Cc1nc(-c2ccccc2NC(=O)c2ccc(S(=O)(=O)NCCC#N)cc2)no1. The number of aromatic nitrogens is 2. The van der Waals surface area contributed by atoms with Crippen LogP contribution in [0.15, 0.2) is 57.9 Å². The van der Waals surface area contributed by atoms with Gasteiger partial charge < -0.3 is 9.84 Å². The Morgan fingerprint density at radius 3 is 2.55 bits per heavy atom. The van der Waals surface area contributed by atoms with Crippen molar-refractivity contribution in [3.63, 3.8) is 0 Å². The quantitative estimate of drug-likeness (QED) is 0.570. The van der Waals surface area contributed by atoms with Crippen molar-refractivity contribution in [3.05, 3.63) is 60.0 Å². The zero-order valence-corrected chi connectivity index (χ0v) is 16.2. The molecule has 1 heterocycles. The largest absolute Gasteiger partial charge is 0.339 e. The molecule has 3 rings (SSSR count). The minimum atomic E-state index is -3.73. The van der Waals surface area contributed by atoms with Crippen LogP contribution in [0.25, 0.3) is 11.4 Å². The van der Waals surface area contributed by atoms with E-state index in [1.165, 1.54) is 24.3 Å². The molecule has 9 nitrogen and oxygen atoms in total. The summed E-state index contributed by atoms with van der Waals surface area (Å²) in [6.07, 6.45) is 0.0685. The van der Waals surface area contributed by atoms with Gasteiger partial charge in [0.25, 0.3) is 5.91 Å². The van der Waals surface area contributed by atoms with E-state index in [0.717, 1.165) is 0 Å². The van der Waals surface area contributed by atoms with Crippen LogP contribution in [-0.2, 0) is 10.0 Å². The molecule has 1 amide bonds. The van der Waals surface area contributed by atoms with Crippen LogP contribution in [0.4, 0.5) is 5.69 Å². The molecular weight excluding hydrogens is 394 g/mol. The fourth-order valence-corrected chi connectivity index (χ4v) is 3.53. The van der Waals surface area contributed by atoms with Crippen LogP contribution in [0.3, 0.4) is 0 Å². The van der Waals surface area contributed by atoms with Crippen molar-refractivity contribution in [2.24, 2.45) is 0 Å². The highest BCUT2D eigenvalue weighted by Crippen LogP contribution is 2.26. The van der Waals surface area contributed by atoms with Crippen LogP contribution in [-0.4, -0.2) is 31.0 Å². The molecule has 0 saturated heterocycles. The molecule has 3 aromatic rings. The summed E-state index contributed by atoms with van der Waals surface area (Å²) in [5, 5.41) is 15.1. The maximum atomic E-state index is 12.6. The normalized spacial score (nSPS) is 11.0. The lowest BCUT2D eigenvalue weighted by Gasteiger charge is -2.10. The molecule has 1 aromatic heterocycles. The Hall–Kier alpha value is -3.55. The Morgan fingerprint density at radius 1 is 1.17 bits per heavy atom. The number of carbonyl (C=O) groups excluding carboxylic acids is 1. The van der Waals surface area contributed by atoms with Crippen molar-refractivity contribution in [3.8, 4) is 17.5 Å². The number of carbonyl (C=O) groups is 1. The second kappa shape index (κ2) is 8.64. The van der Waals surface area contributed by atoms with Crippen LogP contribution >= 0.6 is 0 Å². The molecule has 148 valence electrons. The molecule has 0 unspecified atom stereocenters. The highest BCUT2D eigenvalue weighted by Gasteiger charge is 2.16. The van der Waals surface area contributed by atoms with E-state index in [2.05, 4.69) is 20.2 Å². The topological polar surface area (TPSA) is 138 Å². The number of para-hydroxylation sites is 1. The Bertz CT molecular complexity index is 1160. The molecular formula is C19H17N5O4S. The molecule has 2 aromatic carbocycles. The van der Waals surface area contributed by atoms with Crippen LogP contribution in [0.2, 0.25) is 0 Å². The number of nitrogens with one attached hydrogen (secondary N) is 2. The molecule has 0 atom stereocenters. The van der Waals surface area contributed by atoms with E-state index in [-0.39, 0.29) is 23.4 Å². The van der Waals surface area contributed by atoms with Gasteiger partial charge >= 0.3 is 0 Å². The average Bonchev–Trinajstić information content (AvgIpc) is 3.15. The number of hydrogen-bond acceptors (Lipinski definition) is 7. The van der Waals surface area contributed by atoms with E-state index in [4.69, 9.17) is 9.78 Å². The number of sulfonamides is 1. The lowest BCUT2D eigenvalue weighted by molar-refractivity contribution is 0.102. The first-order valence-corrected chi connectivity index (χ1v) is 10.1. The number of nitrogens with zero attached hydrogens (tertiary/aromatic N) is 3. The fraction of sp³-hybridized carbons (Fsp3) is 0.158. The number of aryl methyl sites for hydroxylation is 1. The standard InChI is InChI=1S/C19H17N5O4S/c1-13-22-18(24-28-13)16-5-2-3-6-17(16)23-19(25)14-7-9-15(10-8-14)29(26,27)21-12-4-11-20/h2-3,5-10,21H,4,12H2,1H3,(H,23,25). The van der Waals surface area contributed by atoms with Crippen LogP contribution in [0, 0.1) is 18.3 Å². The summed E-state index contributed by atoms with van der Waals surface area (Å²) in [6.45, 7) is 1.69. The van der Waals surface area contributed by atoms with Crippen molar-refractivity contribution in [2.45, 2.75) is 18.2 Å².